The predicted molar refractivity (Wildman–Crippen MR) is 82.1 cm³/mol. The van der Waals surface area contributed by atoms with Crippen LogP contribution in [0, 0.1) is 0 Å². The number of hydrogen-bond donors (Lipinski definition) is 0. The van der Waals surface area contributed by atoms with Gasteiger partial charge in [-0.25, -0.2) is 19.7 Å². The fourth-order valence-electron chi connectivity index (χ4n) is 1.69. The van der Waals surface area contributed by atoms with Crippen LogP contribution in [0.3, 0.4) is 0 Å². The minimum Gasteiger partial charge on any atom is -0.444 e. The molecular formula is C14H10Cl2F3N3O2. The summed E-state index contributed by atoms with van der Waals surface area (Å²) in [5.41, 5.74) is 0.614. The first-order chi connectivity index (χ1) is 11.2. The fraction of sp³-hybridized carbons (Fsp3) is 0.214. The second kappa shape index (κ2) is 7.67. The lowest BCUT2D eigenvalue weighted by atomic mass is 10.2. The van der Waals surface area contributed by atoms with Crippen molar-refractivity contribution in [3.8, 4) is 0 Å². The zero-order valence-electron chi connectivity index (χ0n) is 11.9. The molecule has 0 aliphatic carbocycles. The minimum absolute atomic E-state index is 0.201. The molecule has 1 heterocycles. The summed E-state index contributed by atoms with van der Waals surface area (Å²) < 4.78 is 43.1. The Morgan fingerprint density at radius 1 is 1.12 bits per heavy atom. The number of alkyl halides is 3. The Kier molecular flexibility index (Phi) is 5.84. The highest BCUT2D eigenvalue weighted by Gasteiger charge is 2.36. The molecule has 2 aromatic rings. The van der Waals surface area contributed by atoms with Gasteiger partial charge < -0.3 is 4.74 Å². The van der Waals surface area contributed by atoms with Gasteiger partial charge in [-0.3, -0.25) is 0 Å². The van der Waals surface area contributed by atoms with E-state index in [0.29, 0.717) is 5.56 Å². The zero-order chi connectivity index (χ0) is 17.7. The first kappa shape index (κ1) is 18.3. The molecule has 10 heteroatoms. The Morgan fingerprint density at radius 2 is 1.71 bits per heavy atom. The first-order valence-corrected chi connectivity index (χ1v) is 7.25. The molecule has 0 bridgehead atoms. The van der Waals surface area contributed by atoms with Crippen molar-refractivity contribution >= 4 is 35.2 Å². The number of rotatable bonds is 4. The smallest absolute Gasteiger partial charge is 0.417 e. The lowest BCUT2D eigenvalue weighted by Crippen LogP contribution is -2.40. The third-order valence-electron chi connectivity index (χ3n) is 2.66. The van der Waals surface area contributed by atoms with Crippen LogP contribution in [0.25, 0.3) is 0 Å². The summed E-state index contributed by atoms with van der Waals surface area (Å²) in [6.45, 7) is -1.85. The normalized spacial score (nSPS) is 11.2. The van der Waals surface area contributed by atoms with Gasteiger partial charge in [0, 0.05) is 6.07 Å². The van der Waals surface area contributed by atoms with E-state index in [0.717, 1.165) is 6.07 Å². The van der Waals surface area contributed by atoms with E-state index in [9.17, 15) is 18.0 Å². The van der Waals surface area contributed by atoms with Crippen molar-refractivity contribution in [3.05, 3.63) is 52.3 Å². The van der Waals surface area contributed by atoms with Crippen LogP contribution in [0.15, 0.2) is 36.4 Å². The Hall–Kier alpha value is -2.06. The highest BCUT2D eigenvalue weighted by Crippen LogP contribution is 2.23. The molecule has 0 radical (unpaired) electrons. The highest BCUT2D eigenvalue weighted by atomic mass is 35.5. The minimum atomic E-state index is -4.69. The van der Waals surface area contributed by atoms with Crippen LogP contribution in [0.1, 0.15) is 5.56 Å². The summed E-state index contributed by atoms with van der Waals surface area (Å²) in [4.78, 5) is 19.5. The van der Waals surface area contributed by atoms with E-state index >= 15 is 0 Å². The SMILES string of the molecule is O=C(OCc1ccccc1)N(CC(F)(F)F)c1nc(Cl)cc(Cl)n1. The molecule has 0 atom stereocenters. The average molecular weight is 380 g/mol. The summed E-state index contributed by atoms with van der Waals surface area (Å²) in [5.74, 6) is -0.595. The van der Waals surface area contributed by atoms with E-state index in [4.69, 9.17) is 27.9 Å². The van der Waals surface area contributed by atoms with Crippen molar-refractivity contribution in [2.45, 2.75) is 12.8 Å². The second-order valence-electron chi connectivity index (χ2n) is 4.55. The zero-order valence-corrected chi connectivity index (χ0v) is 13.4. The van der Waals surface area contributed by atoms with E-state index in [2.05, 4.69) is 9.97 Å². The summed E-state index contributed by atoms with van der Waals surface area (Å²) in [5, 5.41) is -0.402. The molecule has 0 N–H and O–H groups in total. The lowest BCUT2D eigenvalue weighted by molar-refractivity contribution is -0.119. The van der Waals surface area contributed by atoms with Gasteiger partial charge in [-0.05, 0) is 5.56 Å². The van der Waals surface area contributed by atoms with Gasteiger partial charge >= 0.3 is 12.3 Å². The fourth-order valence-corrected chi connectivity index (χ4v) is 2.11. The van der Waals surface area contributed by atoms with Crippen molar-refractivity contribution in [2.75, 3.05) is 11.4 Å². The molecule has 0 saturated heterocycles. The maximum atomic E-state index is 12.7. The van der Waals surface area contributed by atoms with Gasteiger partial charge in [0.15, 0.2) is 0 Å². The first-order valence-electron chi connectivity index (χ1n) is 6.49. The Bertz CT molecular complexity index is 694. The molecule has 0 saturated carbocycles. The van der Waals surface area contributed by atoms with Gasteiger partial charge in [0.25, 0.3) is 0 Å². The van der Waals surface area contributed by atoms with E-state index in [-0.39, 0.29) is 21.8 Å². The standard InChI is InChI=1S/C14H10Cl2F3N3O2/c15-10-6-11(16)21-12(20-10)22(8-14(17,18)19)13(23)24-7-9-4-2-1-3-5-9/h1-6H,7-8H2. The molecule has 0 spiro atoms. The maximum absolute atomic E-state index is 12.7. The largest absolute Gasteiger partial charge is 0.444 e. The van der Waals surface area contributed by atoms with Crippen molar-refractivity contribution in [3.63, 3.8) is 0 Å². The molecule has 0 aliphatic rings. The van der Waals surface area contributed by atoms with Crippen LogP contribution in [0.4, 0.5) is 23.9 Å². The van der Waals surface area contributed by atoms with Gasteiger partial charge in [0.2, 0.25) is 5.95 Å². The van der Waals surface area contributed by atoms with Crippen LogP contribution >= 0.6 is 23.2 Å². The number of anilines is 1. The molecular weight excluding hydrogens is 370 g/mol. The summed E-state index contributed by atoms with van der Waals surface area (Å²) in [7, 11) is 0. The van der Waals surface area contributed by atoms with Crippen molar-refractivity contribution < 1.29 is 22.7 Å². The third kappa shape index (κ3) is 5.54. The number of ether oxygens (including phenoxy) is 1. The Balaban J connectivity index is 2.20. The quantitative estimate of drug-likeness (QED) is 0.734. The molecule has 0 aliphatic heterocycles. The van der Waals surface area contributed by atoms with Crippen molar-refractivity contribution in [1.29, 1.82) is 0 Å². The lowest BCUT2D eigenvalue weighted by Gasteiger charge is -2.21. The molecule has 1 aromatic carbocycles. The number of halogens is 5. The van der Waals surface area contributed by atoms with Crippen molar-refractivity contribution in [1.82, 2.24) is 9.97 Å². The molecule has 0 fully saturated rings. The Morgan fingerprint density at radius 3 is 2.25 bits per heavy atom. The van der Waals surface area contributed by atoms with E-state index in [1.54, 1.807) is 30.3 Å². The van der Waals surface area contributed by atoms with Crippen LogP contribution in [0.5, 0.6) is 0 Å². The second-order valence-corrected chi connectivity index (χ2v) is 5.33. The van der Waals surface area contributed by atoms with Crippen LogP contribution < -0.4 is 4.90 Å². The number of carbonyl (C=O) groups excluding carboxylic acids is 1. The van der Waals surface area contributed by atoms with Gasteiger partial charge in [-0.15, -0.1) is 0 Å². The summed E-state index contributed by atoms with van der Waals surface area (Å²) in [6, 6.07) is 9.62. The molecule has 5 nitrogen and oxygen atoms in total. The topological polar surface area (TPSA) is 55.3 Å². The van der Waals surface area contributed by atoms with Gasteiger partial charge in [-0.1, -0.05) is 53.5 Å². The van der Waals surface area contributed by atoms with Crippen molar-refractivity contribution in [2.24, 2.45) is 0 Å². The van der Waals surface area contributed by atoms with E-state index in [1.165, 1.54) is 0 Å². The van der Waals surface area contributed by atoms with Gasteiger partial charge in [0.1, 0.15) is 23.5 Å². The number of nitrogens with zero attached hydrogens (tertiary/aromatic N) is 3. The maximum Gasteiger partial charge on any atom is 0.417 e. The van der Waals surface area contributed by atoms with E-state index in [1.807, 2.05) is 0 Å². The molecule has 24 heavy (non-hydrogen) atoms. The molecule has 2 rings (SSSR count). The highest BCUT2D eigenvalue weighted by molar-refractivity contribution is 6.33. The third-order valence-corrected chi connectivity index (χ3v) is 3.04. The molecule has 128 valence electrons. The average Bonchev–Trinajstić information content (AvgIpc) is 2.49. The number of aromatic nitrogens is 2. The summed E-state index contributed by atoms with van der Waals surface area (Å²) in [6.07, 6.45) is -5.96. The van der Waals surface area contributed by atoms with Crippen LogP contribution in [-0.4, -0.2) is 28.8 Å². The van der Waals surface area contributed by atoms with Gasteiger partial charge in [-0.2, -0.15) is 13.2 Å². The number of amides is 1. The monoisotopic (exact) mass is 379 g/mol. The predicted octanol–water partition coefficient (Wildman–Crippen LogP) is 4.49. The summed E-state index contributed by atoms with van der Waals surface area (Å²) >= 11 is 11.3. The number of carbonyl (C=O) groups is 1. The molecule has 1 amide bonds. The van der Waals surface area contributed by atoms with E-state index < -0.39 is 24.8 Å². The Labute approximate surface area is 145 Å². The van der Waals surface area contributed by atoms with Gasteiger partial charge in [0.05, 0.1) is 0 Å². The number of benzene rings is 1. The molecule has 1 aromatic heterocycles. The van der Waals surface area contributed by atoms with Crippen LogP contribution in [-0.2, 0) is 11.3 Å². The number of hydrogen-bond acceptors (Lipinski definition) is 4. The molecule has 0 unspecified atom stereocenters. The van der Waals surface area contributed by atoms with Crippen LogP contribution in [0.2, 0.25) is 10.3 Å².